The van der Waals surface area contributed by atoms with Crippen molar-refractivity contribution >= 4 is 45.5 Å². The number of fused-ring (bicyclic) bond motifs is 1. The molecule has 0 aliphatic carbocycles. The van der Waals surface area contributed by atoms with Crippen molar-refractivity contribution in [2.75, 3.05) is 19.8 Å². The van der Waals surface area contributed by atoms with Crippen molar-refractivity contribution in [2.24, 2.45) is 17.8 Å². The zero-order chi connectivity index (χ0) is 29.7. The normalized spacial score (nSPS) is 29.0. The molecule has 1 aromatic rings. The fraction of sp³-hybridized carbons (Fsp3) is 0.594. The molecule has 1 aromatic carbocycles. The molecule has 3 saturated heterocycles. The molecule has 9 heteroatoms. The molecule has 0 radical (unpaired) electrons. The number of amides is 2. The highest BCUT2D eigenvalue weighted by Gasteiger charge is 2.76. The summed E-state index contributed by atoms with van der Waals surface area (Å²) >= 11 is 5.41. The monoisotopic (exact) mass is 646 g/mol. The minimum absolute atomic E-state index is 0.0373. The van der Waals surface area contributed by atoms with Crippen molar-refractivity contribution in [3.63, 3.8) is 0 Å². The first-order valence-electron chi connectivity index (χ1n) is 14.7. The van der Waals surface area contributed by atoms with E-state index in [-0.39, 0.29) is 40.4 Å². The third kappa shape index (κ3) is 6.32. The second kappa shape index (κ2) is 13.9. The van der Waals surface area contributed by atoms with Gasteiger partial charge in [0.05, 0.1) is 35.8 Å². The van der Waals surface area contributed by atoms with Gasteiger partial charge in [-0.3, -0.25) is 14.4 Å². The lowest BCUT2D eigenvalue weighted by Gasteiger charge is -2.40. The van der Waals surface area contributed by atoms with E-state index in [0.29, 0.717) is 32.5 Å². The summed E-state index contributed by atoms with van der Waals surface area (Å²) in [6, 6.07) is 8.43. The number of rotatable bonds is 15. The van der Waals surface area contributed by atoms with Gasteiger partial charge in [0.25, 0.3) is 0 Å². The molecular formula is C32H43BrN2O5S. The average Bonchev–Trinajstić information content (AvgIpc) is 3.54. The number of aliphatic hydroxyl groups is 1. The fourth-order valence-electron chi connectivity index (χ4n) is 6.85. The summed E-state index contributed by atoms with van der Waals surface area (Å²) in [5.41, 5.74) is 0.980. The molecule has 1 N–H and O–H groups in total. The molecule has 2 amide bonds. The van der Waals surface area contributed by atoms with E-state index in [4.69, 9.17) is 4.74 Å². The molecule has 3 fully saturated rings. The molecule has 2 bridgehead atoms. The van der Waals surface area contributed by atoms with Crippen molar-refractivity contribution < 1.29 is 24.2 Å². The minimum Gasteiger partial charge on any atom is -0.465 e. The zero-order valence-corrected chi connectivity index (χ0v) is 26.5. The van der Waals surface area contributed by atoms with Crippen LogP contribution in [0.2, 0.25) is 0 Å². The van der Waals surface area contributed by atoms with Crippen LogP contribution in [0.25, 0.3) is 0 Å². The van der Waals surface area contributed by atoms with Gasteiger partial charge in [-0.15, -0.1) is 24.9 Å². The predicted octanol–water partition coefficient (Wildman–Crippen LogP) is 4.97. The van der Waals surface area contributed by atoms with E-state index in [1.54, 1.807) is 27.6 Å². The van der Waals surface area contributed by atoms with E-state index in [2.05, 4.69) is 29.1 Å². The van der Waals surface area contributed by atoms with Crippen LogP contribution in [0.4, 0.5) is 0 Å². The highest BCUT2D eigenvalue weighted by molar-refractivity contribution is 9.09. The van der Waals surface area contributed by atoms with Crippen molar-refractivity contribution in [1.82, 2.24) is 9.80 Å². The summed E-state index contributed by atoms with van der Waals surface area (Å²) in [4.78, 5) is 46.0. The third-order valence-corrected chi connectivity index (χ3v) is 11.7. The Labute approximate surface area is 256 Å². The number of unbranched alkanes of at least 4 members (excludes halogenated alkanes) is 2. The highest BCUT2D eigenvalue weighted by Crippen LogP contribution is 2.68. The number of carbonyl (C=O) groups excluding carboxylic acids is 3. The van der Waals surface area contributed by atoms with Crippen molar-refractivity contribution in [1.29, 1.82) is 0 Å². The Morgan fingerprint density at radius 3 is 2.61 bits per heavy atom. The molecule has 41 heavy (non-hydrogen) atoms. The number of likely N-dealkylation sites (tertiary alicyclic amines) is 1. The molecule has 0 aromatic heterocycles. The van der Waals surface area contributed by atoms with Crippen LogP contribution >= 0.6 is 27.7 Å². The second-order valence-electron chi connectivity index (χ2n) is 11.8. The predicted molar refractivity (Wildman–Crippen MR) is 166 cm³/mol. The van der Waals surface area contributed by atoms with Gasteiger partial charge < -0.3 is 19.6 Å². The molecule has 0 saturated carbocycles. The van der Waals surface area contributed by atoms with Gasteiger partial charge in [0.1, 0.15) is 6.04 Å². The number of carbonyl (C=O) groups is 3. The first-order chi connectivity index (χ1) is 19.7. The molecule has 1 spiro atoms. The number of halogens is 1. The van der Waals surface area contributed by atoms with E-state index in [0.717, 1.165) is 24.8 Å². The van der Waals surface area contributed by atoms with Gasteiger partial charge in [-0.1, -0.05) is 72.3 Å². The number of alkyl halides is 1. The second-order valence-corrected chi connectivity index (χ2v) is 14.5. The van der Waals surface area contributed by atoms with Crippen LogP contribution in [0.1, 0.15) is 51.5 Å². The van der Waals surface area contributed by atoms with Crippen LogP contribution in [-0.2, 0) is 25.7 Å². The summed E-state index contributed by atoms with van der Waals surface area (Å²) in [6.07, 6.45) is 7.15. The number of benzene rings is 1. The first kappa shape index (κ1) is 31.8. The Hall–Kier alpha value is -2.10. The van der Waals surface area contributed by atoms with Crippen molar-refractivity contribution in [3.8, 4) is 0 Å². The van der Waals surface area contributed by atoms with Crippen LogP contribution in [0.3, 0.4) is 0 Å². The quantitative estimate of drug-likeness (QED) is 0.125. The lowest BCUT2D eigenvalue weighted by Crippen LogP contribution is -2.57. The molecule has 3 unspecified atom stereocenters. The summed E-state index contributed by atoms with van der Waals surface area (Å²) in [5, 5.41) is 10.4. The Morgan fingerprint density at radius 2 is 1.98 bits per heavy atom. The topological polar surface area (TPSA) is 87.2 Å². The number of aliphatic hydroxyl groups excluding tert-OH is 1. The number of nitrogens with zero attached hydrogens (tertiary/aromatic N) is 2. The molecule has 7 atom stereocenters. The molecule has 3 heterocycles. The lowest BCUT2D eigenvalue weighted by atomic mass is 9.71. The average molecular weight is 648 g/mol. The van der Waals surface area contributed by atoms with Crippen LogP contribution in [0.5, 0.6) is 0 Å². The van der Waals surface area contributed by atoms with Crippen LogP contribution in [0, 0.1) is 17.8 Å². The Kier molecular flexibility index (Phi) is 10.8. The maximum absolute atomic E-state index is 14.6. The van der Waals surface area contributed by atoms with E-state index < -0.39 is 28.7 Å². The van der Waals surface area contributed by atoms with Gasteiger partial charge in [-0.2, -0.15) is 0 Å². The number of esters is 1. The highest BCUT2D eigenvalue weighted by atomic mass is 79.9. The van der Waals surface area contributed by atoms with Gasteiger partial charge in [-0.25, -0.2) is 0 Å². The minimum atomic E-state index is -0.806. The standard InChI is InChI=1S/C32H43BrN2O5S/c1-5-7-8-12-16-40-31(39)25-26-29(37)35(23(20-36)17-21(3)4)28(32(26)18-24(33)27(25)41-32)30(38)34(15-6-2)19-22-13-10-9-11-14-22/h5-6,9-11,13-14,21,23-28,36H,1-2,7-8,12,15-20H2,3-4H3/t23-,24?,25-,26+,27-,28?,32?/m1/s1. The van der Waals surface area contributed by atoms with Gasteiger partial charge in [-0.05, 0) is 43.6 Å². The van der Waals surface area contributed by atoms with Crippen molar-refractivity contribution in [3.05, 3.63) is 61.2 Å². The SMILES string of the molecule is C=CCCCCOC(=O)[C@H]1[C@@H]2SC3(CC2Br)C(C(=O)N(CC=C)Cc2ccccc2)N([C@@H](CO)CC(C)C)C(=O)[C@H]13. The molecular weight excluding hydrogens is 604 g/mol. The van der Waals surface area contributed by atoms with E-state index in [9.17, 15) is 19.5 Å². The largest absolute Gasteiger partial charge is 0.465 e. The van der Waals surface area contributed by atoms with Crippen LogP contribution in [0.15, 0.2) is 55.6 Å². The summed E-state index contributed by atoms with van der Waals surface area (Å²) in [5.74, 6) is -1.88. The maximum atomic E-state index is 14.6. The molecule has 224 valence electrons. The Balaban J connectivity index is 1.71. The lowest BCUT2D eigenvalue weighted by molar-refractivity contribution is -0.154. The zero-order valence-electron chi connectivity index (χ0n) is 24.1. The number of hydrogen-bond acceptors (Lipinski definition) is 6. The van der Waals surface area contributed by atoms with E-state index in [1.807, 2.05) is 50.3 Å². The smallest absolute Gasteiger partial charge is 0.310 e. The molecule has 3 aliphatic heterocycles. The van der Waals surface area contributed by atoms with Gasteiger partial charge in [0, 0.05) is 23.2 Å². The maximum Gasteiger partial charge on any atom is 0.310 e. The molecule has 3 aliphatic rings. The third-order valence-electron chi connectivity index (χ3n) is 8.51. The number of hydrogen-bond donors (Lipinski definition) is 1. The number of ether oxygens (including phenoxy) is 1. The first-order valence-corrected chi connectivity index (χ1v) is 16.5. The van der Waals surface area contributed by atoms with Gasteiger partial charge >= 0.3 is 5.97 Å². The van der Waals surface area contributed by atoms with Crippen molar-refractivity contribution in [2.45, 2.75) is 79.4 Å². The molecule has 7 nitrogen and oxygen atoms in total. The Bertz CT molecular complexity index is 1120. The van der Waals surface area contributed by atoms with E-state index in [1.165, 1.54) is 0 Å². The number of allylic oxidation sites excluding steroid dienone is 1. The summed E-state index contributed by atoms with van der Waals surface area (Å²) in [6.45, 7) is 12.5. The molecule has 4 rings (SSSR count). The summed E-state index contributed by atoms with van der Waals surface area (Å²) in [7, 11) is 0. The fourth-order valence-corrected chi connectivity index (χ4v) is 10.4. The summed E-state index contributed by atoms with van der Waals surface area (Å²) < 4.78 is 4.95. The number of thioether (sulfide) groups is 1. The Morgan fingerprint density at radius 1 is 1.24 bits per heavy atom. The van der Waals surface area contributed by atoms with Crippen LogP contribution in [-0.4, -0.2) is 79.4 Å². The van der Waals surface area contributed by atoms with Gasteiger partial charge in [0.15, 0.2) is 0 Å². The van der Waals surface area contributed by atoms with Gasteiger partial charge in [0.2, 0.25) is 11.8 Å². The van der Waals surface area contributed by atoms with E-state index >= 15 is 0 Å². The van der Waals surface area contributed by atoms with Crippen LogP contribution < -0.4 is 0 Å².